The van der Waals surface area contributed by atoms with E-state index < -0.39 is 6.67 Å². The van der Waals surface area contributed by atoms with Crippen LogP contribution in [0.3, 0.4) is 0 Å². The number of hydrogen-bond acceptors (Lipinski definition) is 2. The van der Waals surface area contributed by atoms with E-state index in [1.54, 1.807) is 0 Å². The number of hydrogen-bond donors (Lipinski definition) is 0. The molecule has 0 radical (unpaired) electrons. The molecule has 0 saturated carbocycles. The fourth-order valence-electron chi connectivity index (χ4n) is 0.719. The number of halogens is 1. The summed E-state index contributed by atoms with van der Waals surface area (Å²) in [5.41, 5.74) is 0. The van der Waals surface area contributed by atoms with Gasteiger partial charge in [-0.25, -0.2) is 4.39 Å². The molecule has 0 bridgehead atoms. The van der Waals surface area contributed by atoms with Crippen LogP contribution in [0.2, 0.25) is 0 Å². The van der Waals surface area contributed by atoms with E-state index in [0.29, 0.717) is 0 Å². The zero-order valence-corrected chi connectivity index (χ0v) is 7.31. The molecule has 0 saturated heterocycles. The number of rotatable bonds is 4. The van der Waals surface area contributed by atoms with E-state index in [4.69, 9.17) is 0 Å². The molecule has 0 aliphatic heterocycles. The maximum absolute atomic E-state index is 11.7. The number of ketones is 1. The van der Waals surface area contributed by atoms with Gasteiger partial charge in [0.25, 0.3) is 0 Å². The third-order valence-electron chi connectivity index (χ3n) is 1.29. The molecule has 0 N–H and O–H groups in total. The van der Waals surface area contributed by atoms with E-state index >= 15 is 0 Å². The Morgan fingerprint density at radius 2 is 2.00 bits per heavy atom. The lowest BCUT2D eigenvalue weighted by Gasteiger charge is -1.96. The van der Waals surface area contributed by atoms with Gasteiger partial charge in [0.1, 0.15) is 6.67 Å². The minimum absolute atomic E-state index is 0.223. The minimum atomic E-state index is -0.861. The first-order valence-corrected chi connectivity index (χ1v) is 4.57. The lowest BCUT2D eigenvalue weighted by molar-refractivity contribution is -0.117. The van der Waals surface area contributed by atoms with Crippen LogP contribution in [0.15, 0.2) is 35.2 Å². The molecule has 64 valence electrons. The fourth-order valence-corrected chi connectivity index (χ4v) is 1.47. The lowest BCUT2D eigenvalue weighted by atomic mass is 10.4. The number of carbonyl (C=O) groups excluding carboxylic acids is 1. The van der Waals surface area contributed by atoms with Gasteiger partial charge in [0, 0.05) is 4.90 Å². The van der Waals surface area contributed by atoms with Crippen molar-refractivity contribution >= 4 is 17.5 Å². The van der Waals surface area contributed by atoms with Crippen molar-refractivity contribution in [3.05, 3.63) is 30.3 Å². The molecule has 1 aromatic carbocycles. The van der Waals surface area contributed by atoms with Crippen LogP contribution in [-0.4, -0.2) is 18.2 Å². The number of benzene rings is 1. The summed E-state index contributed by atoms with van der Waals surface area (Å²) in [5.74, 6) is -0.135. The van der Waals surface area contributed by atoms with Crippen LogP contribution in [0.25, 0.3) is 0 Å². The summed E-state index contributed by atoms with van der Waals surface area (Å²) in [6.07, 6.45) is 0. The number of thioether (sulfide) groups is 1. The van der Waals surface area contributed by atoms with Crippen LogP contribution in [0, 0.1) is 0 Å². The molecule has 0 spiro atoms. The highest BCUT2D eigenvalue weighted by Gasteiger charge is 2.00. The van der Waals surface area contributed by atoms with Crippen molar-refractivity contribution in [2.45, 2.75) is 4.90 Å². The highest BCUT2D eigenvalue weighted by atomic mass is 32.2. The molecule has 0 heterocycles. The number of alkyl halides is 1. The lowest BCUT2D eigenvalue weighted by Crippen LogP contribution is -2.02. The maximum Gasteiger partial charge on any atom is 0.173 e. The van der Waals surface area contributed by atoms with Crippen molar-refractivity contribution in [1.29, 1.82) is 0 Å². The van der Waals surface area contributed by atoms with Crippen molar-refractivity contribution in [3.63, 3.8) is 0 Å². The van der Waals surface area contributed by atoms with Crippen LogP contribution in [0.1, 0.15) is 0 Å². The van der Waals surface area contributed by atoms with Crippen LogP contribution in [-0.2, 0) is 4.79 Å². The van der Waals surface area contributed by atoms with Crippen molar-refractivity contribution in [2.75, 3.05) is 12.4 Å². The van der Waals surface area contributed by atoms with E-state index in [1.807, 2.05) is 30.3 Å². The highest BCUT2D eigenvalue weighted by molar-refractivity contribution is 8.00. The minimum Gasteiger partial charge on any atom is -0.296 e. The Labute approximate surface area is 75.0 Å². The maximum atomic E-state index is 11.7. The third kappa shape index (κ3) is 3.05. The summed E-state index contributed by atoms with van der Waals surface area (Å²) in [5, 5.41) is 0. The molecule has 0 atom stereocenters. The molecule has 12 heavy (non-hydrogen) atoms. The summed E-state index contributed by atoms with van der Waals surface area (Å²) >= 11 is 1.36. The smallest absolute Gasteiger partial charge is 0.173 e. The van der Waals surface area contributed by atoms with Crippen molar-refractivity contribution < 1.29 is 9.18 Å². The van der Waals surface area contributed by atoms with Gasteiger partial charge in [-0.05, 0) is 12.1 Å². The first-order valence-electron chi connectivity index (χ1n) is 3.58. The Hall–Kier alpha value is -0.830. The van der Waals surface area contributed by atoms with Crippen molar-refractivity contribution in [3.8, 4) is 0 Å². The Morgan fingerprint density at radius 3 is 2.58 bits per heavy atom. The van der Waals surface area contributed by atoms with Gasteiger partial charge < -0.3 is 0 Å². The van der Waals surface area contributed by atoms with Crippen LogP contribution < -0.4 is 0 Å². The standard InChI is InChI=1S/C9H9FOS/c10-6-8(11)7-12-9-4-2-1-3-5-9/h1-5H,6-7H2. The van der Waals surface area contributed by atoms with Crippen LogP contribution in [0.5, 0.6) is 0 Å². The van der Waals surface area contributed by atoms with Crippen molar-refractivity contribution in [2.24, 2.45) is 0 Å². The summed E-state index contributed by atoms with van der Waals surface area (Å²) in [6.45, 7) is -0.861. The average Bonchev–Trinajstić information content (AvgIpc) is 2.16. The van der Waals surface area contributed by atoms with E-state index in [2.05, 4.69) is 0 Å². The molecule has 0 amide bonds. The molecule has 3 heteroatoms. The molecule has 0 aromatic heterocycles. The zero-order valence-electron chi connectivity index (χ0n) is 6.50. The van der Waals surface area contributed by atoms with Gasteiger partial charge in [-0.3, -0.25) is 4.79 Å². The quantitative estimate of drug-likeness (QED) is 0.668. The predicted molar refractivity (Wildman–Crippen MR) is 48.1 cm³/mol. The number of carbonyl (C=O) groups is 1. The van der Waals surface area contributed by atoms with Gasteiger partial charge in [-0.15, -0.1) is 11.8 Å². The van der Waals surface area contributed by atoms with Gasteiger partial charge in [0.2, 0.25) is 0 Å². The molecular weight excluding hydrogens is 175 g/mol. The van der Waals surface area contributed by atoms with Gasteiger partial charge in [0.15, 0.2) is 5.78 Å². The second-order valence-corrected chi connectivity index (χ2v) is 3.32. The Morgan fingerprint density at radius 1 is 1.33 bits per heavy atom. The Bertz CT molecular complexity index is 248. The van der Waals surface area contributed by atoms with Crippen LogP contribution >= 0.6 is 11.8 Å². The van der Waals surface area contributed by atoms with E-state index in [9.17, 15) is 9.18 Å². The summed E-state index contributed by atoms with van der Waals surface area (Å²) in [4.78, 5) is 11.6. The number of Topliss-reactive ketones (excluding diaryl/α,β-unsaturated/α-hetero) is 1. The average molecular weight is 184 g/mol. The first kappa shape index (κ1) is 9.26. The topological polar surface area (TPSA) is 17.1 Å². The van der Waals surface area contributed by atoms with E-state index in [-0.39, 0.29) is 11.5 Å². The molecule has 0 fully saturated rings. The fraction of sp³-hybridized carbons (Fsp3) is 0.222. The SMILES string of the molecule is O=C(CF)CSc1ccccc1. The molecule has 0 aliphatic carbocycles. The molecule has 0 unspecified atom stereocenters. The normalized spacial score (nSPS) is 9.75. The van der Waals surface area contributed by atoms with Gasteiger partial charge in [-0.1, -0.05) is 18.2 Å². The second-order valence-electron chi connectivity index (χ2n) is 2.27. The van der Waals surface area contributed by atoms with Gasteiger partial charge in [-0.2, -0.15) is 0 Å². The predicted octanol–water partition coefficient (Wildman–Crippen LogP) is 2.32. The molecular formula is C9H9FOS. The summed E-state index contributed by atoms with van der Waals surface area (Å²) in [7, 11) is 0. The Kier molecular flexibility index (Phi) is 3.80. The monoisotopic (exact) mass is 184 g/mol. The highest BCUT2D eigenvalue weighted by Crippen LogP contribution is 2.16. The van der Waals surface area contributed by atoms with Gasteiger partial charge in [0.05, 0.1) is 5.75 Å². The van der Waals surface area contributed by atoms with Crippen molar-refractivity contribution in [1.82, 2.24) is 0 Å². The third-order valence-corrected chi connectivity index (χ3v) is 2.36. The summed E-state index contributed by atoms with van der Waals surface area (Å²) < 4.78 is 11.7. The molecule has 1 aromatic rings. The van der Waals surface area contributed by atoms with Crippen LogP contribution in [0.4, 0.5) is 4.39 Å². The molecule has 1 nitrogen and oxygen atoms in total. The zero-order chi connectivity index (χ0) is 8.81. The first-order chi connectivity index (χ1) is 5.83. The Balaban J connectivity index is 2.38. The van der Waals surface area contributed by atoms with E-state index in [0.717, 1.165) is 4.90 Å². The van der Waals surface area contributed by atoms with E-state index in [1.165, 1.54) is 11.8 Å². The second kappa shape index (κ2) is 4.93. The largest absolute Gasteiger partial charge is 0.296 e. The molecule has 0 aliphatic rings. The van der Waals surface area contributed by atoms with Gasteiger partial charge >= 0.3 is 0 Å². The summed E-state index contributed by atoms with van der Waals surface area (Å²) in [6, 6.07) is 9.48. The molecule has 1 rings (SSSR count).